The molecule has 0 saturated heterocycles. The highest BCUT2D eigenvalue weighted by molar-refractivity contribution is 7.92. The van der Waals surface area contributed by atoms with Gasteiger partial charge in [-0.25, -0.2) is 8.42 Å². The molecule has 0 aliphatic carbocycles. The molecule has 0 aliphatic rings. The quantitative estimate of drug-likeness (QED) is 0.666. The molecule has 0 saturated carbocycles. The van der Waals surface area contributed by atoms with Crippen LogP contribution >= 0.6 is 0 Å². The fourth-order valence-electron chi connectivity index (χ4n) is 2.30. The van der Waals surface area contributed by atoms with Crippen molar-refractivity contribution in [2.45, 2.75) is 0 Å². The minimum absolute atomic E-state index is 0.344. The van der Waals surface area contributed by atoms with Crippen molar-refractivity contribution in [3.05, 3.63) is 61.2 Å². The summed E-state index contributed by atoms with van der Waals surface area (Å²) >= 11 is 0. The van der Waals surface area contributed by atoms with Crippen molar-refractivity contribution in [1.29, 1.82) is 0 Å². The maximum absolute atomic E-state index is 12.4. The number of methoxy groups -OCH3 is 1. The molecule has 0 atom stereocenters. The summed E-state index contributed by atoms with van der Waals surface area (Å²) in [4.78, 5) is 12.4. The molecule has 0 unspecified atom stereocenters. The Morgan fingerprint density at radius 3 is 2.48 bits per heavy atom. The zero-order valence-electron chi connectivity index (χ0n) is 15.2. The van der Waals surface area contributed by atoms with E-state index in [1.54, 1.807) is 54.6 Å². The minimum atomic E-state index is -3.65. The molecule has 2 aromatic carbocycles. The normalized spacial score (nSPS) is 10.7. The minimum Gasteiger partial charge on any atom is -0.497 e. The highest BCUT2D eigenvalue weighted by atomic mass is 32.2. The molecule has 0 spiro atoms. The zero-order valence-corrected chi connectivity index (χ0v) is 16.0. The van der Waals surface area contributed by atoms with E-state index >= 15 is 0 Å². The average molecular weight is 390 g/mol. The molecule has 0 aromatic heterocycles. The molecule has 144 valence electrons. The second kappa shape index (κ2) is 9.09. The summed E-state index contributed by atoms with van der Waals surface area (Å²) in [5.74, 6) is 0.688. The number of hydrogen-bond donors (Lipinski definition) is 1. The molecule has 7 nitrogen and oxygen atoms in total. The second-order valence-electron chi connectivity index (χ2n) is 5.64. The number of rotatable bonds is 9. The van der Waals surface area contributed by atoms with E-state index in [-0.39, 0.29) is 6.54 Å². The van der Waals surface area contributed by atoms with Gasteiger partial charge in [-0.1, -0.05) is 18.7 Å². The molecule has 0 heterocycles. The zero-order chi connectivity index (χ0) is 19.9. The van der Waals surface area contributed by atoms with Crippen LogP contribution in [0, 0.1) is 0 Å². The number of carbonyl (C=O) groups is 1. The number of nitrogens with zero attached hydrogens (tertiary/aromatic N) is 1. The van der Waals surface area contributed by atoms with E-state index in [2.05, 4.69) is 11.9 Å². The van der Waals surface area contributed by atoms with Gasteiger partial charge in [0.25, 0.3) is 0 Å². The van der Waals surface area contributed by atoms with Crippen molar-refractivity contribution in [2.75, 3.05) is 36.1 Å². The van der Waals surface area contributed by atoms with Gasteiger partial charge >= 0.3 is 0 Å². The van der Waals surface area contributed by atoms with E-state index in [4.69, 9.17) is 9.47 Å². The summed E-state index contributed by atoms with van der Waals surface area (Å²) in [6, 6.07) is 13.2. The van der Waals surface area contributed by atoms with Crippen LogP contribution in [-0.2, 0) is 14.8 Å². The number of anilines is 2. The van der Waals surface area contributed by atoms with Gasteiger partial charge in [0.15, 0.2) is 0 Å². The predicted molar refractivity (Wildman–Crippen MR) is 106 cm³/mol. The Kier molecular flexibility index (Phi) is 6.84. The smallest absolute Gasteiger partial charge is 0.245 e. The lowest BCUT2D eigenvalue weighted by atomic mass is 10.3. The molecular formula is C19H22N2O5S. The van der Waals surface area contributed by atoms with E-state index < -0.39 is 15.9 Å². The SMILES string of the molecule is C=CCOc1cccc(NC(=O)CN(c2ccc(OC)cc2)S(C)(=O)=O)c1. The summed E-state index contributed by atoms with van der Waals surface area (Å²) < 4.78 is 35.8. The van der Waals surface area contributed by atoms with Gasteiger partial charge in [-0.3, -0.25) is 9.10 Å². The van der Waals surface area contributed by atoms with Crippen LogP contribution < -0.4 is 19.1 Å². The van der Waals surface area contributed by atoms with Gasteiger partial charge in [0.1, 0.15) is 24.7 Å². The first-order valence-corrected chi connectivity index (χ1v) is 9.93. The van der Waals surface area contributed by atoms with Gasteiger partial charge in [-0.15, -0.1) is 0 Å². The third-order valence-electron chi connectivity index (χ3n) is 3.53. The Balaban J connectivity index is 2.13. The molecular weight excluding hydrogens is 368 g/mol. The van der Waals surface area contributed by atoms with Crippen molar-refractivity contribution >= 4 is 27.3 Å². The number of benzene rings is 2. The summed E-state index contributed by atoms with van der Waals surface area (Å²) in [6.07, 6.45) is 2.67. The molecule has 27 heavy (non-hydrogen) atoms. The van der Waals surface area contributed by atoms with Crippen molar-refractivity contribution in [3.8, 4) is 11.5 Å². The number of ether oxygens (including phenoxy) is 2. The number of carbonyl (C=O) groups excluding carboxylic acids is 1. The Hall–Kier alpha value is -3.00. The Bertz CT molecular complexity index is 895. The number of nitrogens with one attached hydrogen (secondary N) is 1. The Labute approximate surface area is 159 Å². The molecule has 2 rings (SSSR count). The summed E-state index contributed by atoms with van der Waals surface area (Å²) in [5.41, 5.74) is 0.876. The van der Waals surface area contributed by atoms with Crippen LogP contribution in [0.25, 0.3) is 0 Å². The third kappa shape index (κ3) is 6.03. The van der Waals surface area contributed by atoms with Gasteiger partial charge in [0.2, 0.25) is 15.9 Å². The van der Waals surface area contributed by atoms with Crippen LogP contribution in [0.2, 0.25) is 0 Å². The highest BCUT2D eigenvalue weighted by Crippen LogP contribution is 2.22. The Morgan fingerprint density at radius 1 is 1.19 bits per heavy atom. The van der Waals surface area contributed by atoms with Gasteiger partial charge in [-0.05, 0) is 36.4 Å². The van der Waals surface area contributed by atoms with Gasteiger partial charge in [0.05, 0.1) is 19.1 Å². The molecule has 2 aromatic rings. The number of sulfonamides is 1. The lowest BCUT2D eigenvalue weighted by molar-refractivity contribution is -0.114. The number of hydrogen-bond acceptors (Lipinski definition) is 5. The second-order valence-corrected chi connectivity index (χ2v) is 7.55. The standard InChI is InChI=1S/C19H22N2O5S/c1-4-12-26-18-7-5-6-15(13-18)20-19(22)14-21(27(3,23)24)16-8-10-17(25-2)11-9-16/h4-11,13H,1,12,14H2,2-3H3,(H,20,22). The van der Waals surface area contributed by atoms with E-state index in [0.29, 0.717) is 29.5 Å². The molecule has 0 radical (unpaired) electrons. The first-order chi connectivity index (χ1) is 12.8. The first-order valence-electron chi connectivity index (χ1n) is 8.09. The molecule has 8 heteroatoms. The maximum atomic E-state index is 12.4. The lowest BCUT2D eigenvalue weighted by Gasteiger charge is -2.22. The molecule has 0 aliphatic heterocycles. The topological polar surface area (TPSA) is 84.9 Å². The fourth-order valence-corrected chi connectivity index (χ4v) is 3.15. The summed E-state index contributed by atoms with van der Waals surface area (Å²) in [7, 11) is -2.13. The predicted octanol–water partition coefficient (Wildman–Crippen LogP) is 2.66. The van der Waals surface area contributed by atoms with E-state index in [9.17, 15) is 13.2 Å². The van der Waals surface area contributed by atoms with E-state index in [1.807, 2.05) is 0 Å². The lowest BCUT2D eigenvalue weighted by Crippen LogP contribution is -2.37. The maximum Gasteiger partial charge on any atom is 0.245 e. The third-order valence-corrected chi connectivity index (χ3v) is 4.67. The molecule has 0 bridgehead atoms. The monoisotopic (exact) mass is 390 g/mol. The first kappa shape index (κ1) is 20.3. The van der Waals surface area contributed by atoms with Crippen LogP contribution in [0.3, 0.4) is 0 Å². The van der Waals surface area contributed by atoms with Crippen LogP contribution in [0.4, 0.5) is 11.4 Å². The van der Waals surface area contributed by atoms with Crippen LogP contribution in [0.1, 0.15) is 0 Å². The van der Waals surface area contributed by atoms with Crippen molar-refractivity contribution < 1.29 is 22.7 Å². The largest absolute Gasteiger partial charge is 0.497 e. The van der Waals surface area contributed by atoms with Crippen LogP contribution in [-0.4, -0.2) is 40.8 Å². The average Bonchev–Trinajstić information content (AvgIpc) is 2.64. The summed E-state index contributed by atoms with van der Waals surface area (Å²) in [5, 5.41) is 2.68. The van der Waals surface area contributed by atoms with E-state index in [0.717, 1.165) is 10.6 Å². The summed E-state index contributed by atoms with van der Waals surface area (Å²) in [6.45, 7) is 3.56. The van der Waals surface area contributed by atoms with Crippen molar-refractivity contribution in [3.63, 3.8) is 0 Å². The molecule has 1 N–H and O–H groups in total. The van der Waals surface area contributed by atoms with Crippen molar-refractivity contribution in [2.24, 2.45) is 0 Å². The Morgan fingerprint density at radius 2 is 1.89 bits per heavy atom. The van der Waals surface area contributed by atoms with Gasteiger partial charge in [0, 0.05) is 11.8 Å². The van der Waals surface area contributed by atoms with Gasteiger partial charge in [-0.2, -0.15) is 0 Å². The van der Waals surface area contributed by atoms with Crippen LogP contribution in [0.15, 0.2) is 61.2 Å². The van der Waals surface area contributed by atoms with Crippen molar-refractivity contribution in [1.82, 2.24) is 0 Å². The van der Waals surface area contributed by atoms with E-state index in [1.165, 1.54) is 7.11 Å². The number of amides is 1. The molecule has 1 amide bonds. The highest BCUT2D eigenvalue weighted by Gasteiger charge is 2.21. The van der Waals surface area contributed by atoms with Gasteiger partial charge < -0.3 is 14.8 Å². The van der Waals surface area contributed by atoms with Crippen LogP contribution in [0.5, 0.6) is 11.5 Å². The fraction of sp³-hybridized carbons (Fsp3) is 0.211. The molecule has 0 fully saturated rings.